The van der Waals surface area contributed by atoms with Gasteiger partial charge in [0.2, 0.25) is 0 Å². The molecule has 2 rings (SSSR count). The summed E-state index contributed by atoms with van der Waals surface area (Å²) in [6, 6.07) is 3.28. The van der Waals surface area contributed by atoms with E-state index in [-0.39, 0.29) is 18.1 Å². The van der Waals surface area contributed by atoms with Gasteiger partial charge >= 0.3 is 0 Å². The van der Waals surface area contributed by atoms with Crippen molar-refractivity contribution in [2.24, 2.45) is 5.92 Å². The standard InChI is InChI=1S/C11H12F2O2/c1-7(5-14)11(6-15-11)9-4-8(12)2-3-10(9)13/h2-4,7,14H,5-6H2,1H3. The molecule has 1 heterocycles. The summed E-state index contributed by atoms with van der Waals surface area (Å²) in [7, 11) is 0. The Morgan fingerprint density at radius 2 is 2.20 bits per heavy atom. The summed E-state index contributed by atoms with van der Waals surface area (Å²) in [4.78, 5) is 0. The van der Waals surface area contributed by atoms with Crippen LogP contribution in [0.25, 0.3) is 0 Å². The number of benzene rings is 1. The van der Waals surface area contributed by atoms with Crippen molar-refractivity contribution in [3.63, 3.8) is 0 Å². The van der Waals surface area contributed by atoms with E-state index in [1.54, 1.807) is 6.92 Å². The maximum atomic E-state index is 13.5. The van der Waals surface area contributed by atoms with Gasteiger partial charge in [-0.05, 0) is 18.2 Å². The Balaban J connectivity index is 2.41. The molecule has 1 saturated heterocycles. The molecule has 1 aliphatic rings. The lowest BCUT2D eigenvalue weighted by atomic mass is 9.87. The second kappa shape index (κ2) is 3.54. The van der Waals surface area contributed by atoms with E-state index in [4.69, 9.17) is 9.84 Å². The molecule has 2 atom stereocenters. The monoisotopic (exact) mass is 214 g/mol. The lowest BCUT2D eigenvalue weighted by Gasteiger charge is -2.18. The van der Waals surface area contributed by atoms with E-state index in [0.29, 0.717) is 6.61 Å². The minimum atomic E-state index is -0.832. The van der Waals surface area contributed by atoms with Crippen molar-refractivity contribution in [3.8, 4) is 0 Å². The summed E-state index contributed by atoms with van der Waals surface area (Å²) < 4.78 is 31.7. The number of ether oxygens (including phenoxy) is 1. The Labute approximate surface area is 86.5 Å². The van der Waals surface area contributed by atoms with E-state index < -0.39 is 17.2 Å². The molecular weight excluding hydrogens is 202 g/mol. The molecule has 0 radical (unpaired) electrons. The number of aliphatic hydroxyl groups is 1. The summed E-state index contributed by atoms with van der Waals surface area (Å²) in [5, 5.41) is 9.04. The smallest absolute Gasteiger partial charge is 0.129 e. The van der Waals surface area contributed by atoms with Crippen molar-refractivity contribution in [1.29, 1.82) is 0 Å². The van der Waals surface area contributed by atoms with Crippen molar-refractivity contribution in [2.75, 3.05) is 13.2 Å². The number of hydrogen-bond donors (Lipinski definition) is 1. The van der Waals surface area contributed by atoms with Crippen LogP contribution in [0.4, 0.5) is 8.78 Å². The third kappa shape index (κ3) is 1.64. The van der Waals surface area contributed by atoms with E-state index in [1.165, 1.54) is 0 Å². The fourth-order valence-electron chi connectivity index (χ4n) is 1.75. The molecule has 0 amide bonds. The third-order valence-electron chi connectivity index (χ3n) is 2.91. The van der Waals surface area contributed by atoms with Crippen LogP contribution in [0.15, 0.2) is 18.2 Å². The number of epoxide rings is 1. The maximum Gasteiger partial charge on any atom is 0.129 e. The highest BCUT2D eigenvalue weighted by Gasteiger charge is 2.52. The van der Waals surface area contributed by atoms with Gasteiger partial charge in [0.05, 0.1) is 6.61 Å². The highest BCUT2D eigenvalue weighted by Crippen LogP contribution is 2.46. The molecule has 1 aromatic carbocycles. The molecule has 0 bridgehead atoms. The summed E-state index contributed by atoms with van der Waals surface area (Å²) in [6.07, 6.45) is 0. The van der Waals surface area contributed by atoms with E-state index in [0.717, 1.165) is 18.2 Å². The van der Waals surface area contributed by atoms with Gasteiger partial charge in [-0.1, -0.05) is 6.92 Å². The zero-order valence-corrected chi connectivity index (χ0v) is 8.34. The van der Waals surface area contributed by atoms with Crippen LogP contribution >= 0.6 is 0 Å². The Kier molecular flexibility index (Phi) is 2.48. The van der Waals surface area contributed by atoms with Crippen LogP contribution in [0, 0.1) is 17.6 Å². The zero-order chi connectivity index (χ0) is 11.1. The maximum absolute atomic E-state index is 13.5. The topological polar surface area (TPSA) is 32.8 Å². The van der Waals surface area contributed by atoms with Crippen LogP contribution < -0.4 is 0 Å². The Bertz CT molecular complexity index is 375. The van der Waals surface area contributed by atoms with E-state index in [2.05, 4.69) is 0 Å². The SMILES string of the molecule is CC(CO)C1(c2cc(F)ccc2F)CO1. The molecule has 82 valence electrons. The largest absolute Gasteiger partial charge is 0.396 e. The summed E-state index contributed by atoms with van der Waals surface area (Å²) in [6.45, 7) is 1.96. The van der Waals surface area contributed by atoms with E-state index >= 15 is 0 Å². The average molecular weight is 214 g/mol. The Morgan fingerprint density at radius 1 is 1.53 bits per heavy atom. The van der Waals surface area contributed by atoms with Crippen LogP contribution in [0.5, 0.6) is 0 Å². The van der Waals surface area contributed by atoms with Gasteiger partial charge < -0.3 is 9.84 Å². The first-order chi connectivity index (χ1) is 7.10. The summed E-state index contributed by atoms with van der Waals surface area (Å²) in [5.41, 5.74) is -0.634. The molecule has 2 nitrogen and oxygen atoms in total. The van der Waals surface area contributed by atoms with Gasteiger partial charge in [0, 0.05) is 18.1 Å². The molecule has 4 heteroatoms. The highest BCUT2D eigenvalue weighted by atomic mass is 19.1. The molecular formula is C11H12F2O2. The number of aliphatic hydroxyl groups excluding tert-OH is 1. The second-order valence-electron chi connectivity index (χ2n) is 3.89. The number of rotatable bonds is 3. The number of hydrogen-bond acceptors (Lipinski definition) is 2. The molecule has 2 unspecified atom stereocenters. The molecule has 1 fully saturated rings. The second-order valence-corrected chi connectivity index (χ2v) is 3.89. The van der Waals surface area contributed by atoms with Crippen LogP contribution in [-0.2, 0) is 10.3 Å². The lowest BCUT2D eigenvalue weighted by molar-refractivity contribution is 0.144. The average Bonchev–Trinajstić information content (AvgIpc) is 3.01. The van der Waals surface area contributed by atoms with Crippen molar-refractivity contribution in [3.05, 3.63) is 35.4 Å². The third-order valence-corrected chi connectivity index (χ3v) is 2.91. The quantitative estimate of drug-likeness (QED) is 0.778. The molecule has 1 aromatic rings. The predicted molar refractivity (Wildman–Crippen MR) is 50.2 cm³/mol. The summed E-state index contributed by atoms with van der Waals surface area (Å²) >= 11 is 0. The molecule has 0 aliphatic carbocycles. The van der Waals surface area contributed by atoms with Crippen LogP contribution in [0.2, 0.25) is 0 Å². The van der Waals surface area contributed by atoms with Gasteiger partial charge in [-0.25, -0.2) is 8.78 Å². The van der Waals surface area contributed by atoms with Crippen molar-refractivity contribution < 1.29 is 18.6 Å². The summed E-state index contributed by atoms with van der Waals surface area (Å²) in [5.74, 6) is -1.23. The van der Waals surface area contributed by atoms with Gasteiger partial charge in [-0.15, -0.1) is 0 Å². The van der Waals surface area contributed by atoms with Crippen LogP contribution in [0.3, 0.4) is 0 Å². The van der Waals surface area contributed by atoms with Crippen molar-refractivity contribution >= 4 is 0 Å². The van der Waals surface area contributed by atoms with Gasteiger partial charge in [-0.3, -0.25) is 0 Å². The Morgan fingerprint density at radius 3 is 2.73 bits per heavy atom. The molecule has 0 saturated carbocycles. The van der Waals surface area contributed by atoms with Crippen molar-refractivity contribution in [1.82, 2.24) is 0 Å². The lowest BCUT2D eigenvalue weighted by Crippen LogP contribution is -2.24. The van der Waals surface area contributed by atoms with E-state index in [9.17, 15) is 8.78 Å². The normalized spacial score (nSPS) is 26.4. The van der Waals surface area contributed by atoms with Gasteiger partial charge in [-0.2, -0.15) is 0 Å². The highest BCUT2D eigenvalue weighted by molar-refractivity contribution is 5.30. The van der Waals surface area contributed by atoms with Crippen LogP contribution in [0.1, 0.15) is 12.5 Å². The minimum absolute atomic E-state index is 0.115. The number of halogens is 2. The van der Waals surface area contributed by atoms with E-state index in [1.807, 2.05) is 0 Å². The first kappa shape index (κ1) is 10.5. The minimum Gasteiger partial charge on any atom is -0.396 e. The van der Waals surface area contributed by atoms with Gasteiger partial charge in [0.1, 0.15) is 17.2 Å². The van der Waals surface area contributed by atoms with Crippen LogP contribution in [-0.4, -0.2) is 18.3 Å². The molecule has 0 spiro atoms. The molecule has 1 aliphatic heterocycles. The van der Waals surface area contributed by atoms with Gasteiger partial charge in [0.25, 0.3) is 0 Å². The van der Waals surface area contributed by atoms with Crippen molar-refractivity contribution in [2.45, 2.75) is 12.5 Å². The molecule has 1 N–H and O–H groups in total. The Hall–Kier alpha value is -1.00. The zero-order valence-electron chi connectivity index (χ0n) is 8.34. The molecule has 15 heavy (non-hydrogen) atoms. The fourth-order valence-corrected chi connectivity index (χ4v) is 1.75. The first-order valence-corrected chi connectivity index (χ1v) is 4.80. The first-order valence-electron chi connectivity index (χ1n) is 4.80. The van der Waals surface area contributed by atoms with Gasteiger partial charge in [0.15, 0.2) is 0 Å². The fraction of sp³-hybridized carbons (Fsp3) is 0.455. The predicted octanol–water partition coefficient (Wildman–Crippen LogP) is 1.82. The molecule has 0 aromatic heterocycles.